The van der Waals surface area contributed by atoms with E-state index in [4.69, 9.17) is 20.2 Å². The molecular formula is C29H25N9O2S. The quantitative estimate of drug-likeness (QED) is 0.243. The number of sulfonamides is 1. The van der Waals surface area contributed by atoms with Crippen LogP contribution in [0.25, 0.3) is 0 Å². The normalized spacial score (nSPS) is 14.9. The molecule has 12 heteroatoms. The van der Waals surface area contributed by atoms with Crippen LogP contribution in [0.15, 0.2) is 119 Å². The molecule has 0 amide bonds. The first-order valence-electron chi connectivity index (χ1n) is 12.7. The Bertz CT molecular complexity index is 1790. The predicted octanol–water partition coefficient (Wildman–Crippen LogP) is 4.76. The van der Waals surface area contributed by atoms with E-state index in [2.05, 4.69) is 20.6 Å². The number of nitrogens with one attached hydrogen (secondary N) is 2. The minimum absolute atomic E-state index is 0.00358. The Morgan fingerprint density at radius 2 is 1.34 bits per heavy atom. The average Bonchev–Trinajstić information content (AvgIpc) is 3.44. The Morgan fingerprint density at radius 3 is 1.95 bits per heavy atom. The SMILES string of the molecule is NS(=O)(=O)c1ccc(Nc2nc(Nc3ccccc3)nc(N3N=C(c4ccccc4)CC3c3ccccn3)n2)cc1. The maximum atomic E-state index is 11.7. The van der Waals surface area contributed by atoms with Gasteiger partial charge in [-0.15, -0.1) is 0 Å². The third-order valence-electron chi connectivity index (χ3n) is 6.34. The van der Waals surface area contributed by atoms with Crippen LogP contribution in [-0.4, -0.2) is 34.1 Å². The van der Waals surface area contributed by atoms with Gasteiger partial charge in [0.1, 0.15) is 6.04 Å². The van der Waals surface area contributed by atoms with Gasteiger partial charge in [-0.05, 0) is 54.1 Å². The van der Waals surface area contributed by atoms with Gasteiger partial charge in [-0.1, -0.05) is 54.6 Å². The summed E-state index contributed by atoms with van der Waals surface area (Å²) in [4.78, 5) is 18.6. The van der Waals surface area contributed by atoms with Gasteiger partial charge in [0.2, 0.25) is 21.9 Å². The summed E-state index contributed by atoms with van der Waals surface area (Å²) in [6.07, 6.45) is 2.36. The van der Waals surface area contributed by atoms with Crippen molar-refractivity contribution in [1.82, 2.24) is 19.9 Å². The second-order valence-corrected chi connectivity index (χ2v) is 10.8. The number of hydrogen-bond donors (Lipinski definition) is 3. The standard InChI is InChI=1S/C29H25N9O2S/c30-41(39,40)23-16-14-22(15-17-23)33-28-34-27(32-21-11-5-2-6-12-21)35-29(36-28)38-26(24-13-7-8-18-31-24)19-25(37-38)20-9-3-1-4-10-20/h1-18,26H,19H2,(H2,30,39,40)(H2,32,33,34,35,36). The van der Waals surface area contributed by atoms with Crippen LogP contribution < -0.4 is 20.8 Å². The zero-order valence-corrected chi connectivity index (χ0v) is 22.5. The van der Waals surface area contributed by atoms with E-state index >= 15 is 0 Å². The Balaban J connectivity index is 1.41. The number of rotatable bonds is 8. The number of pyridine rings is 1. The summed E-state index contributed by atoms with van der Waals surface area (Å²) in [5.41, 5.74) is 4.07. The molecule has 2 aromatic heterocycles. The van der Waals surface area contributed by atoms with Gasteiger partial charge in [0.25, 0.3) is 5.95 Å². The van der Waals surface area contributed by atoms with Gasteiger partial charge in [0.15, 0.2) is 0 Å². The van der Waals surface area contributed by atoms with Gasteiger partial charge in [0.05, 0.1) is 16.3 Å². The Hall–Kier alpha value is -5.20. The summed E-state index contributed by atoms with van der Waals surface area (Å²) in [7, 11) is -3.82. The Morgan fingerprint density at radius 1 is 0.732 bits per heavy atom. The Kier molecular flexibility index (Phi) is 7.06. The van der Waals surface area contributed by atoms with Gasteiger partial charge >= 0.3 is 0 Å². The maximum Gasteiger partial charge on any atom is 0.253 e. The fraction of sp³-hybridized carbons (Fsp3) is 0.0690. The van der Waals surface area contributed by atoms with Gasteiger partial charge in [-0.2, -0.15) is 20.1 Å². The fourth-order valence-electron chi connectivity index (χ4n) is 4.39. The van der Waals surface area contributed by atoms with Gasteiger partial charge in [-0.25, -0.2) is 18.6 Å². The zero-order chi connectivity index (χ0) is 28.2. The monoisotopic (exact) mass is 563 g/mol. The highest BCUT2D eigenvalue weighted by Crippen LogP contribution is 2.35. The van der Waals surface area contributed by atoms with Crippen LogP contribution in [0.4, 0.5) is 29.2 Å². The van der Waals surface area contributed by atoms with Crippen LogP contribution in [-0.2, 0) is 10.0 Å². The van der Waals surface area contributed by atoms with Crippen molar-refractivity contribution in [3.8, 4) is 0 Å². The molecule has 0 aliphatic carbocycles. The summed E-state index contributed by atoms with van der Waals surface area (Å²) in [6.45, 7) is 0. The first-order chi connectivity index (χ1) is 19.9. The summed E-state index contributed by atoms with van der Waals surface area (Å²) in [5.74, 6) is 0.844. The van der Waals surface area contributed by atoms with Crippen LogP contribution in [0, 0.1) is 0 Å². The molecule has 1 aliphatic rings. The molecule has 4 N–H and O–H groups in total. The molecule has 5 aromatic rings. The van der Waals surface area contributed by atoms with E-state index in [1.807, 2.05) is 78.9 Å². The molecular weight excluding hydrogens is 538 g/mol. The van der Waals surface area contributed by atoms with Gasteiger partial charge in [-0.3, -0.25) is 4.98 Å². The average molecular weight is 564 g/mol. The smallest absolute Gasteiger partial charge is 0.253 e. The number of nitrogens with zero attached hydrogens (tertiary/aromatic N) is 6. The highest BCUT2D eigenvalue weighted by Gasteiger charge is 2.33. The molecule has 1 aliphatic heterocycles. The summed E-state index contributed by atoms with van der Waals surface area (Å²) < 4.78 is 23.4. The van der Waals surface area contributed by atoms with Crippen molar-refractivity contribution < 1.29 is 8.42 Å². The zero-order valence-electron chi connectivity index (χ0n) is 21.7. The molecule has 0 bridgehead atoms. The molecule has 0 spiro atoms. The second-order valence-electron chi connectivity index (χ2n) is 9.20. The number of nitrogens with two attached hydrogens (primary N) is 1. The van der Waals surface area contributed by atoms with Crippen LogP contribution in [0.1, 0.15) is 23.7 Å². The van der Waals surface area contributed by atoms with Crippen molar-refractivity contribution in [3.63, 3.8) is 0 Å². The van der Waals surface area contributed by atoms with Gasteiger partial charge < -0.3 is 10.6 Å². The lowest BCUT2D eigenvalue weighted by molar-refractivity contribution is 0.598. The molecule has 3 heterocycles. The highest BCUT2D eigenvalue weighted by atomic mass is 32.2. The lowest BCUT2D eigenvalue weighted by Crippen LogP contribution is -2.23. The van der Waals surface area contributed by atoms with E-state index in [0.717, 1.165) is 22.7 Å². The molecule has 1 atom stereocenters. The molecule has 204 valence electrons. The van der Waals surface area contributed by atoms with Crippen LogP contribution >= 0.6 is 0 Å². The van der Waals surface area contributed by atoms with Crippen molar-refractivity contribution in [2.24, 2.45) is 10.2 Å². The number of aromatic nitrogens is 4. The number of primary sulfonamides is 1. The van der Waals surface area contributed by atoms with Gasteiger partial charge in [0, 0.05) is 24.0 Å². The first-order valence-corrected chi connectivity index (χ1v) is 14.3. The van der Waals surface area contributed by atoms with E-state index in [-0.39, 0.29) is 16.9 Å². The second kappa shape index (κ2) is 11.1. The lowest BCUT2D eigenvalue weighted by atomic mass is 10.0. The van der Waals surface area contributed by atoms with E-state index in [9.17, 15) is 8.42 Å². The van der Waals surface area contributed by atoms with Crippen LogP contribution in [0.5, 0.6) is 0 Å². The molecule has 3 aromatic carbocycles. The lowest BCUT2D eigenvalue weighted by Gasteiger charge is -2.22. The predicted molar refractivity (Wildman–Crippen MR) is 158 cm³/mol. The third-order valence-corrected chi connectivity index (χ3v) is 7.27. The largest absolute Gasteiger partial charge is 0.324 e. The van der Waals surface area contributed by atoms with E-state index in [0.29, 0.717) is 24.0 Å². The molecule has 41 heavy (non-hydrogen) atoms. The van der Waals surface area contributed by atoms with Crippen molar-refractivity contribution >= 4 is 45.0 Å². The molecule has 6 rings (SSSR count). The van der Waals surface area contributed by atoms with Crippen LogP contribution in [0.2, 0.25) is 0 Å². The number of para-hydroxylation sites is 1. The number of benzene rings is 3. The molecule has 0 saturated carbocycles. The van der Waals surface area contributed by atoms with Crippen molar-refractivity contribution in [2.75, 3.05) is 15.6 Å². The highest BCUT2D eigenvalue weighted by molar-refractivity contribution is 7.89. The summed E-state index contributed by atoms with van der Waals surface area (Å²) >= 11 is 0. The summed E-state index contributed by atoms with van der Waals surface area (Å²) in [6, 6.07) is 31.0. The number of hydrogen-bond acceptors (Lipinski definition) is 10. The first kappa shape index (κ1) is 26.0. The molecule has 0 radical (unpaired) electrons. The number of anilines is 5. The minimum atomic E-state index is -3.82. The topological polar surface area (TPSA) is 151 Å². The fourth-order valence-corrected chi connectivity index (χ4v) is 4.91. The Labute approximate surface area is 236 Å². The third kappa shape index (κ3) is 6.03. The number of hydrazone groups is 1. The van der Waals surface area contributed by atoms with E-state index in [1.165, 1.54) is 12.1 Å². The molecule has 11 nitrogen and oxygen atoms in total. The minimum Gasteiger partial charge on any atom is -0.324 e. The maximum absolute atomic E-state index is 11.7. The molecule has 0 saturated heterocycles. The van der Waals surface area contributed by atoms with Crippen molar-refractivity contribution in [3.05, 3.63) is 121 Å². The molecule has 0 fully saturated rings. The van der Waals surface area contributed by atoms with Crippen molar-refractivity contribution in [1.29, 1.82) is 0 Å². The summed E-state index contributed by atoms with van der Waals surface area (Å²) in [5, 5.41) is 18.3. The van der Waals surface area contributed by atoms with Crippen molar-refractivity contribution in [2.45, 2.75) is 17.4 Å². The van der Waals surface area contributed by atoms with Crippen LogP contribution in [0.3, 0.4) is 0 Å². The molecule has 1 unspecified atom stereocenters. The van der Waals surface area contributed by atoms with E-state index in [1.54, 1.807) is 23.3 Å². The van der Waals surface area contributed by atoms with E-state index < -0.39 is 10.0 Å².